The molecule has 1 rings (SSSR count). The van der Waals surface area contributed by atoms with Crippen molar-refractivity contribution >= 4 is 5.91 Å². The predicted molar refractivity (Wildman–Crippen MR) is 69.0 cm³/mol. The molecule has 0 aromatic rings. The van der Waals surface area contributed by atoms with Crippen molar-refractivity contribution in [1.29, 1.82) is 0 Å². The Kier molecular flexibility index (Phi) is 6.52. The largest absolute Gasteiger partial charge is 0.372 e. The molecule has 1 aliphatic rings. The van der Waals surface area contributed by atoms with Crippen LogP contribution in [-0.2, 0) is 9.53 Å². The summed E-state index contributed by atoms with van der Waals surface area (Å²) in [4.78, 5) is 13.9. The number of amides is 1. The summed E-state index contributed by atoms with van der Waals surface area (Å²) in [6.07, 6.45) is 3.41. The van der Waals surface area contributed by atoms with Crippen LogP contribution in [0.4, 0.5) is 0 Å². The van der Waals surface area contributed by atoms with Gasteiger partial charge in [-0.1, -0.05) is 19.8 Å². The molecule has 2 atom stereocenters. The fraction of sp³-hybridized carbons (Fsp3) is 0.923. The van der Waals surface area contributed by atoms with Gasteiger partial charge < -0.3 is 15.0 Å². The lowest BCUT2D eigenvalue weighted by atomic mass is 10.1. The number of hydrogen-bond donors (Lipinski definition) is 1. The molecule has 0 aromatic heterocycles. The highest BCUT2D eigenvalue weighted by molar-refractivity contribution is 5.78. The highest BCUT2D eigenvalue weighted by atomic mass is 16.5. The lowest BCUT2D eigenvalue weighted by Gasteiger charge is -2.38. The van der Waals surface area contributed by atoms with E-state index in [0.29, 0.717) is 12.6 Å². The van der Waals surface area contributed by atoms with Crippen LogP contribution in [0.15, 0.2) is 0 Å². The smallest absolute Gasteiger partial charge is 0.248 e. The van der Waals surface area contributed by atoms with Crippen molar-refractivity contribution < 1.29 is 9.53 Å². The van der Waals surface area contributed by atoms with Crippen molar-refractivity contribution in [3.63, 3.8) is 0 Å². The summed E-state index contributed by atoms with van der Waals surface area (Å²) >= 11 is 0. The van der Waals surface area contributed by atoms with E-state index in [1.807, 2.05) is 4.90 Å². The molecule has 100 valence electrons. The molecule has 4 heteroatoms. The minimum atomic E-state index is 0.127. The quantitative estimate of drug-likeness (QED) is 0.716. The second-order valence-electron chi connectivity index (χ2n) is 4.83. The fourth-order valence-corrected chi connectivity index (χ4v) is 2.11. The van der Waals surface area contributed by atoms with Gasteiger partial charge in [0.15, 0.2) is 0 Å². The molecule has 1 aliphatic heterocycles. The number of carbonyl (C=O) groups is 1. The molecule has 1 N–H and O–H groups in total. The Morgan fingerprint density at radius 1 is 1.41 bits per heavy atom. The summed E-state index contributed by atoms with van der Waals surface area (Å²) < 4.78 is 5.42. The van der Waals surface area contributed by atoms with Crippen LogP contribution < -0.4 is 5.32 Å². The highest BCUT2D eigenvalue weighted by Crippen LogP contribution is 2.09. The van der Waals surface area contributed by atoms with Gasteiger partial charge in [0.1, 0.15) is 6.61 Å². The van der Waals surface area contributed by atoms with Gasteiger partial charge in [-0.25, -0.2) is 0 Å². The van der Waals surface area contributed by atoms with Crippen LogP contribution >= 0.6 is 0 Å². The molecule has 0 spiro atoms. The van der Waals surface area contributed by atoms with Crippen molar-refractivity contribution in [2.75, 3.05) is 26.3 Å². The first kappa shape index (κ1) is 14.5. The molecule has 1 fully saturated rings. The molecule has 4 nitrogen and oxygen atoms in total. The zero-order chi connectivity index (χ0) is 12.7. The van der Waals surface area contributed by atoms with Crippen LogP contribution in [-0.4, -0.2) is 49.2 Å². The number of nitrogens with zero attached hydrogens (tertiary/aromatic N) is 1. The summed E-state index contributed by atoms with van der Waals surface area (Å²) in [6.45, 7) is 8.99. The third-order valence-electron chi connectivity index (χ3n) is 3.47. The van der Waals surface area contributed by atoms with Crippen LogP contribution in [0.5, 0.6) is 0 Å². The number of unbranched alkanes of at least 4 members (excludes halogenated alkanes) is 2. The second-order valence-corrected chi connectivity index (χ2v) is 4.83. The Labute approximate surface area is 105 Å². The van der Waals surface area contributed by atoms with E-state index in [-0.39, 0.29) is 18.6 Å². The van der Waals surface area contributed by atoms with Crippen molar-refractivity contribution in [2.24, 2.45) is 0 Å². The number of nitrogens with one attached hydrogen (secondary N) is 1. The molecule has 0 saturated carbocycles. The molecule has 0 aromatic carbocycles. The fourth-order valence-electron chi connectivity index (χ4n) is 2.11. The van der Waals surface area contributed by atoms with Gasteiger partial charge in [-0.2, -0.15) is 0 Å². The molecule has 1 saturated heterocycles. The molecule has 17 heavy (non-hydrogen) atoms. The van der Waals surface area contributed by atoms with Gasteiger partial charge in [-0.15, -0.1) is 0 Å². The van der Waals surface area contributed by atoms with Crippen LogP contribution in [0, 0.1) is 0 Å². The zero-order valence-electron chi connectivity index (χ0n) is 11.4. The first-order chi connectivity index (χ1) is 8.16. The van der Waals surface area contributed by atoms with Crippen LogP contribution in [0.25, 0.3) is 0 Å². The molecule has 0 radical (unpaired) electrons. The molecule has 0 bridgehead atoms. The SMILES string of the molecule is CCCCCOCC(=O)N1CCNC(C)C1C. The summed E-state index contributed by atoms with van der Waals surface area (Å²) in [7, 11) is 0. The van der Waals surface area contributed by atoms with E-state index in [2.05, 4.69) is 26.1 Å². The standard InChI is InChI=1S/C13H26N2O2/c1-4-5-6-9-17-10-13(16)15-8-7-14-11(2)12(15)3/h11-12,14H,4-10H2,1-3H3. The van der Waals surface area contributed by atoms with E-state index in [1.165, 1.54) is 12.8 Å². The van der Waals surface area contributed by atoms with E-state index in [1.54, 1.807) is 0 Å². The molecule has 1 amide bonds. The Morgan fingerprint density at radius 3 is 2.88 bits per heavy atom. The van der Waals surface area contributed by atoms with Crippen LogP contribution in [0.3, 0.4) is 0 Å². The normalized spacial score (nSPS) is 25.0. The average molecular weight is 242 g/mol. The molecular formula is C13H26N2O2. The average Bonchev–Trinajstić information content (AvgIpc) is 2.32. The minimum absolute atomic E-state index is 0.127. The van der Waals surface area contributed by atoms with Gasteiger partial charge in [0, 0.05) is 31.8 Å². The lowest BCUT2D eigenvalue weighted by Crippen LogP contribution is -2.57. The van der Waals surface area contributed by atoms with E-state index in [4.69, 9.17) is 4.74 Å². The second kappa shape index (κ2) is 7.67. The molecular weight excluding hydrogens is 216 g/mol. The lowest BCUT2D eigenvalue weighted by molar-refractivity contribution is -0.139. The molecule has 0 aliphatic carbocycles. The monoisotopic (exact) mass is 242 g/mol. The summed E-state index contributed by atoms with van der Waals surface area (Å²) in [5.74, 6) is 0.127. The summed E-state index contributed by atoms with van der Waals surface area (Å²) in [5, 5.41) is 3.37. The number of piperazine rings is 1. The van der Waals surface area contributed by atoms with Crippen LogP contribution in [0.2, 0.25) is 0 Å². The van der Waals surface area contributed by atoms with E-state index in [9.17, 15) is 4.79 Å². The van der Waals surface area contributed by atoms with E-state index in [0.717, 1.165) is 19.5 Å². The van der Waals surface area contributed by atoms with Gasteiger partial charge in [0.2, 0.25) is 5.91 Å². The van der Waals surface area contributed by atoms with Crippen molar-refractivity contribution in [3.05, 3.63) is 0 Å². The Balaban J connectivity index is 2.22. The first-order valence-corrected chi connectivity index (χ1v) is 6.77. The Morgan fingerprint density at radius 2 is 2.18 bits per heavy atom. The summed E-state index contributed by atoms with van der Waals surface area (Å²) in [5.41, 5.74) is 0. The van der Waals surface area contributed by atoms with Gasteiger partial charge in [-0.3, -0.25) is 4.79 Å². The highest BCUT2D eigenvalue weighted by Gasteiger charge is 2.27. The van der Waals surface area contributed by atoms with Crippen molar-refractivity contribution in [3.8, 4) is 0 Å². The number of hydrogen-bond acceptors (Lipinski definition) is 3. The number of rotatable bonds is 6. The maximum atomic E-state index is 12.0. The topological polar surface area (TPSA) is 41.6 Å². The summed E-state index contributed by atoms with van der Waals surface area (Å²) in [6, 6.07) is 0.628. The van der Waals surface area contributed by atoms with E-state index >= 15 is 0 Å². The third kappa shape index (κ3) is 4.64. The molecule has 2 unspecified atom stereocenters. The third-order valence-corrected chi connectivity index (χ3v) is 3.47. The van der Waals surface area contributed by atoms with Gasteiger partial charge in [-0.05, 0) is 20.3 Å². The molecule has 1 heterocycles. The van der Waals surface area contributed by atoms with Gasteiger partial charge in [0.25, 0.3) is 0 Å². The Bertz CT molecular complexity index is 233. The predicted octanol–water partition coefficient (Wildman–Crippen LogP) is 1.40. The minimum Gasteiger partial charge on any atom is -0.372 e. The van der Waals surface area contributed by atoms with E-state index < -0.39 is 0 Å². The van der Waals surface area contributed by atoms with Crippen LogP contribution in [0.1, 0.15) is 40.0 Å². The number of ether oxygens (including phenoxy) is 1. The Hall–Kier alpha value is -0.610. The first-order valence-electron chi connectivity index (χ1n) is 6.77. The number of carbonyl (C=O) groups excluding carboxylic acids is 1. The maximum Gasteiger partial charge on any atom is 0.248 e. The van der Waals surface area contributed by atoms with Crippen molar-refractivity contribution in [2.45, 2.75) is 52.1 Å². The van der Waals surface area contributed by atoms with Gasteiger partial charge >= 0.3 is 0 Å². The van der Waals surface area contributed by atoms with Crippen molar-refractivity contribution in [1.82, 2.24) is 10.2 Å². The van der Waals surface area contributed by atoms with Gasteiger partial charge in [0.05, 0.1) is 0 Å². The maximum absolute atomic E-state index is 12.0. The zero-order valence-corrected chi connectivity index (χ0v) is 11.4.